The SMILES string of the molecule is CC(C)N1CCc2c(sc3c2C(=O)N[C@H](c2ccccc2Cl)N3)C1. The van der Waals surface area contributed by atoms with Crippen molar-refractivity contribution in [3.05, 3.63) is 50.9 Å². The molecule has 0 aliphatic carbocycles. The second kappa shape index (κ2) is 6.06. The number of nitrogens with zero attached hydrogens (tertiary/aromatic N) is 1. The van der Waals surface area contributed by atoms with E-state index >= 15 is 0 Å². The molecule has 2 aliphatic heterocycles. The highest BCUT2D eigenvalue weighted by molar-refractivity contribution is 7.16. The quantitative estimate of drug-likeness (QED) is 0.849. The summed E-state index contributed by atoms with van der Waals surface area (Å²) < 4.78 is 0. The number of anilines is 1. The number of benzene rings is 1. The molecule has 0 saturated carbocycles. The third-order valence-electron chi connectivity index (χ3n) is 4.81. The summed E-state index contributed by atoms with van der Waals surface area (Å²) in [5.41, 5.74) is 2.95. The topological polar surface area (TPSA) is 44.4 Å². The van der Waals surface area contributed by atoms with Crippen LogP contribution >= 0.6 is 22.9 Å². The number of amides is 1. The van der Waals surface area contributed by atoms with Crippen LogP contribution in [0.4, 0.5) is 5.00 Å². The average Bonchev–Trinajstić information content (AvgIpc) is 2.92. The van der Waals surface area contributed by atoms with Gasteiger partial charge in [-0.2, -0.15) is 0 Å². The van der Waals surface area contributed by atoms with Crippen molar-refractivity contribution in [1.29, 1.82) is 0 Å². The molecule has 2 N–H and O–H groups in total. The number of carbonyl (C=O) groups is 1. The molecule has 0 saturated heterocycles. The van der Waals surface area contributed by atoms with Gasteiger partial charge in [0, 0.05) is 34.6 Å². The number of fused-ring (bicyclic) bond motifs is 3. The zero-order valence-corrected chi connectivity index (χ0v) is 15.3. The lowest BCUT2D eigenvalue weighted by atomic mass is 9.99. The summed E-state index contributed by atoms with van der Waals surface area (Å²) in [5.74, 6) is 0.00386. The van der Waals surface area contributed by atoms with Gasteiger partial charge >= 0.3 is 0 Å². The van der Waals surface area contributed by atoms with Gasteiger partial charge in [-0.25, -0.2) is 0 Å². The van der Waals surface area contributed by atoms with E-state index in [0.717, 1.165) is 35.6 Å². The predicted molar refractivity (Wildman–Crippen MR) is 98.9 cm³/mol. The number of hydrogen-bond donors (Lipinski definition) is 2. The van der Waals surface area contributed by atoms with Crippen molar-refractivity contribution in [2.75, 3.05) is 11.9 Å². The summed E-state index contributed by atoms with van der Waals surface area (Å²) >= 11 is 8.00. The van der Waals surface area contributed by atoms with E-state index in [1.54, 1.807) is 11.3 Å². The summed E-state index contributed by atoms with van der Waals surface area (Å²) in [6, 6.07) is 8.14. The molecule has 0 bridgehead atoms. The van der Waals surface area contributed by atoms with Gasteiger partial charge in [-0.05, 0) is 31.9 Å². The summed E-state index contributed by atoms with van der Waals surface area (Å²) in [4.78, 5) is 16.5. The fourth-order valence-corrected chi connectivity index (χ4v) is 4.98. The Hall–Kier alpha value is -1.56. The number of carbonyl (C=O) groups excluding carboxylic acids is 1. The molecule has 1 aromatic carbocycles. The molecule has 4 rings (SSSR count). The van der Waals surface area contributed by atoms with Crippen molar-refractivity contribution in [2.24, 2.45) is 0 Å². The molecule has 0 unspecified atom stereocenters. The molecule has 2 aromatic rings. The minimum absolute atomic E-state index is 0.00386. The van der Waals surface area contributed by atoms with E-state index in [9.17, 15) is 4.79 Å². The normalized spacial score (nSPS) is 20.3. The van der Waals surface area contributed by atoms with E-state index in [4.69, 9.17) is 11.6 Å². The molecular weight excluding hydrogens is 342 g/mol. The lowest BCUT2D eigenvalue weighted by Gasteiger charge is -2.31. The van der Waals surface area contributed by atoms with Gasteiger partial charge in [0.05, 0.1) is 5.56 Å². The Morgan fingerprint density at radius 2 is 2.08 bits per heavy atom. The standard InChI is InChI=1S/C18H20ClN3OS/c1-10(2)22-8-7-12-14(9-22)24-18-15(12)17(23)20-16(21-18)11-5-3-4-6-13(11)19/h3-6,10,16,21H,7-9H2,1-2H3,(H,20,23)/t16-/m0/s1. The van der Waals surface area contributed by atoms with Crippen LogP contribution in [0.1, 0.15) is 46.4 Å². The van der Waals surface area contributed by atoms with E-state index in [1.165, 1.54) is 10.4 Å². The molecule has 0 fully saturated rings. The van der Waals surface area contributed by atoms with Crippen molar-refractivity contribution >= 4 is 33.8 Å². The van der Waals surface area contributed by atoms with E-state index in [-0.39, 0.29) is 12.1 Å². The maximum absolute atomic E-state index is 12.7. The van der Waals surface area contributed by atoms with Gasteiger partial charge in [-0.1, -0.05) is 29.8 Å². The van der Waals surface area contributed by atoms with Gasteiger partial charge in [0.15, 0.2) is 0 Å². The molecule has 2 aliphatic rings. The summed E-state index contributed by atoms with van der Waals surface area (Å²) in [6.07, 6.45) is 0.658. The molecule has 1 atom stereocenters. The van der Waals surface area contributed by atoms with Crippen LogP contribution < -0.4 is 10.6 Å². The minimum Gasteiger partial charge on any atom is -0.353 e. The fourth-order valence-electron chi connectivity index (χ4n) is 3.44. The van der Waals surface area contributed by atoms with Crippen LogP contribution in [0.25, 0.3) is 0 Å². The zero-order chi connectivity index (χ0) is 16.8. The molecule has 6 heteroatoms. The second-order valence-electron chi connectivity index (χ2n) is 6.59. The van der Waals surface area contributed by atoms with Crippen LogP contribution in [-0.2, 0) is 13.0 Å². The molecular formula is C18H20ClN3OS. The second-order valence-corrected chi connectivity index (χ2v) is 8.11. The van der Waals surface area contributed by atoms with Crippen LogP contribution in [0.2, 0.25) is 5.02 Å². The maximum atomic E-state index is 12.7. The van der Waals surface area contributed by atoms with E-state index in [0.29, 0.717) is 11.1 Å². The van der Waals surface area contributed by atoms with Gasteiger partial charge in [-0.3, -0.25) is 9.69 Å². The number of halogens is 1. The first-order chi connectivity index (χ1) is 11.5. The van der Waals surface area contributed by atoms with Crippen LogP contribution in [0.15, 0.2) is 24.3 Å². The van der Waals surface area contributed by atoms with Gasteiger partial charge in [0.1, 0.15) is 11.2 Å². The lowest BCUT2D eigenvalue weighted by molar-refractivity contribution is 0.0934. The third kappa shape index (κ3) is 2.61. The van der Waals surface area contributed by atoms with Crippen LogP contribution in [0, 0.1) is 0 Å². The first kappa shape index (κ1) is 15.9. The van der Waals surface area contributed by atoms with Crippen LogP contribution in [0.5, 0.6) is 0 Å². The smallest absolute Gasteiger partial charge is 0.256 e. The Balaban J connectivity index is 1.68. The van der Waals surface area contributed by atoms with Crippen molar-refractivity contribution in [1.82, 2.24) is 10.2 Å². The van der Waals surface area contributed by atoms with E-state index in [2.05, 4.69) is 29.4 Å². The first-order valence-corrected chi connectivity index (χ1v) is 9.44. The molecule has 0 spiro atoms. The molecule has 126 valence electrons. The summed E-state index contributed by atoms with van der Waals surface area (Å²) in [7, 11) is 0. The molecule has 3 heterocycles. The minimum atomic E-state index is -0.278. The number of nitrogens with one attached hydrogen (secondary N) is 2. The first-order valence-electron chi connectivity index (χ1n) is 8.25. The molecule has 0 radical (unpaired) electrons. The molecule has 1 aromatic heterocycles. The molecule has 4 nitrogen and oxygen atoms in total. The fraction of sp³-hybridized carbons (Fsp3) is 0.389. The largest absolute Gasteiger partial charge is 0.353 e. The van der Waals surface area contributed by atoms with Crippen molar-refractivity contribution in [3.63, 3.8) is 0 Å². The van der Waals surface area contributed by atoms with Gasteiger partial charge in [-0.15, -0.1) is 11.3 Å². The highest BCUT2D eigenvalue weighted by Gasteiger charge is 2.34. The monoisotopic (exact) mass is 361 g/mol. The molecule has 1 amide bonds. The Bertz CT molecular complexity index is 802. The third-order valence-corrected chi connectivity index (χ3v) is 6.30. The predicted octanol–water partition coefficient (Wildman–Crippen LogP) is 4.02. The number of thiophene rings is 1. The Morgan fingerprint density at radius 3 is 2.83 bits per heavy atom. The van der Waals surface area contributed by atoms with Crippen molar-refractivity contribution in [3.8, 4) is 0 Å². The number of rotatable bonds is 2. The lowest BCUT2D eigenvalue weighted by Crippen LogP contribution is -2.39. The van der Waals surface area contributed by atoms with Gasteiger partial charge in [0.2, 0.25) is 0 Å². The maximum Gasteiger partial charge on any atom is 0.256 e. The van der Waals surface area contributed by atoms with Gasteiger partial charge in [0.25, 0.3) is 5.91 Å². The summed E-state index contributed by atoms with van der Waals surface area (Å²) in [6.45, 7) is 6.37. The van der Waals surface area contributed by atoms with Gasteiger partial charge < -0.3 is 10.6 Å². The zero-order valence-electron chi connectivity index (χ0n) is 13.7. The Morgan fingerprint density at radius 1 is 1.29 bits per heavy atom. The highest BCUT2D eigenvalue weighted by Crippen LogP contribution is 2.41. The van der Waals surface area contributed by atoms with Crippen molar-refractivity contribution < 1.29 is 4.79 Å². The van der Waals surface area contributed by atoms with Crippen LogP contribution in [0.3, 0.4) is 0 Å². The average molecular weight is 362 g/mol. The van der Waals surface area contributed by atoms with Crippen molar-refractivity contribution in [2.45, 2.75) is 39.0 Å². The Kier molecular flexibility index (Phi) is 4.03. The van der Waals surface area contributed by atoms with E-state index in [1.807, 2.05) is 24.3 Å². The highest BCUT2D eigenvalue weighted by atomic mass is 35.5. The Labute approximate surface area is 150 Å². The summed E-state index contributed by atoms with van der Waals surface area (Å²) in [5, 5.41) is 8.16. The number of hydrogen-bond acceptors (Lipinski definition) is 4. The molecule has 24 heavy (non-hydrogen) atoms. The van der Waals surface area contributed by atoms with E-state index < -0.39 is 0 Å². The van der Waals surface area contributed by atoms with Crippen LogP contribution in [-0.4, -0.2) is 23.4 Å².